The molecule has 1 aromatic rings. The van der Waals surface area contributed by atoms with E-state index in [-0.39, 0.29) is 11.3 Å². The second-order valence-corrected chi connectivity index (χ2v) is 6.61. The van der Waals surface area contributed by atoms with Gasteiger partial charge in [-0.3, -0.25) is 4.79 Å². The molecule has 0 radical (unpaired) electrons. The van der Waals surface area contributed by atoms with Crippen molar-refractivity contribution >= 4 is 17.7 Å². The maximum Gasteiger partial charge on any atom is 0.227 e. The summed E-state index contributed by atoms with van der Waals surface area (Å²) in [7, 11) is 1.67. The lowest BCUT2D eigenvalue weighted by Gasteiger charge is -2.48. The van der Waals surface area contributed by atoms with Crippen LogP contribution in [0.2, 0.25) is 0 Å². The largest absolute Gasteiger partial charge is 0.384 e. The van der Waals surface area contributed by atoms with E-state index in [4.69, 9.17) is 10.5 Å². The lowest BCUT2D eigenvalue weighted by molar-refractivity contribution is -0.138. The quantitative estimate of drug-likeness (QED) is 0.888. The highest BCUT2D eigenvalue weighted by Crippen LogP contribution is 2.39. The molecule has 7 heteroatoms. The molecule has 0 aliphatic carbocycles. The summed E-state index contributed by atoms with van der Waals surface area (Å²) < 4.78 is 5.13. The van der Waals surface area contributed by atoms with Crippen molar-refractivity contribution in [3.05, 3.63) is 12.3 Å². The van der Waals surface area contributed by atoms with Crippen LogP contribution in [-0.2, 0) is 9.53 Å². The molecular weight excluding hydrogens is 294 g/mol. The van der Waals surface area contributed by atoms with Gasteiger partial charge in [0.25, 0.3) is 0 Å². The molecule has 1 amide bonds. The number of carbonyl (C=O) groups is 1. The van der Waals surface area contributed by atoms with Gasteiger partial charge in [-0.05, 0) is 25.3 Å². The number of likely N-dealkylation sites (tertiary alicyclic amines) is 1. The second-order valence-electron chi connectivity index (χ2n) is 6.61. The monoisotopic (exact) mass is 319 g/mol. The Balaban J connectivity index is 1.72. The second kappa shape index (κ2) is 6.70. The van der Waals surface area contributed by atoms with Gasteiger partial charge in [-0.1, -0.05) is 0 Å². The molecule has 0 aromatic carbocycles. The van der Waals surface area contributed by atoms with E-state index in [0.29, 0.717) is 31.3 Å². The Hall–Kier alpha value is -1.89. The number of nitrogens with zero attached hydrogens (tertiary/aromatic N) is 4. The van der Waals surface area contributed by atoms with Crippen LogP contribution in [0.3, 0.4) is 0 Å². The fraction of sp³-hybridized carbons (Fsp3) is 0.688. The Labute approximate surface area is 136 Å². The molecule has 3 heterocycles. The van der Waals surface area contributed by atoms with Gasteiger partial charge in [0, 0.05) is 51.3 Å². The summed E-state index contributed by atoms with van der Waals surface area (Å²) in [4.78, 5) is 25.0. The Morgan fingerprint density at radius 3 is 3.04 bits per heavy atom. The third-order valence-electron chi connectivity index (χ3n) is 4.92. The number of nitrogen functional groups attached to an aromatic ring is 1. The third kappa shape index (κ3) is 3.55. The number of ether oxygens (including phenoxy) is 1. The number of anilines is 2. The van der Waals surface area contributed by atoms with Crippen LogP contribution in [0.5, 0.6) is 0 Å². The molecule has 2 saturated heterocycles. The molecule has 2 aliphatic rings. The minimum absolute atomic E-state index is 0.133. The fourth-order valence-corrected chi connectivity index (χ4v) is 3.73. The van der Waals surface area contributed by atoms with Gasteiger partial charge in [-0.25, -0.2) is 4.98 Å². The van der Waals surface area contributed by atoms with E-state index in [1.807, 2.05) is 4.90 Å². The number of hydrogen-bond donors (Lipinski definition) is 1. The van der Waals surface area contributed by atoms with Gasteiger partial charge in [0.15, 0.2) is 0 Å². The van der Waals surface area contributed by atoms with Crippen LogP contribution in [-0.4, -0.2) is 60.7 Å². The number of hydrogen-bond acceptors (Lipinski definition) is 6. The third-order valence-corrected chi connectivity index (χ3v) is 4.92. The van der Waals surface area contributed by atoms with E-state index < -0.39 is 0 Å². The van der Waals surface area contributed by atoms with Crippen LogP contribution >= 0.6 is 0 Å². The van der Waals surface area contributed by atoms with Crippen LogP contribution in [0.1, 0.15) is 25.7 Å². The summed E-state index contributed by atoms with van der Waals surface area (Å²) in [6, 6.07) is 1.70. The number of carbonyl (C=O) groups excluding carboxylic acids is 1. The van der Waals surface area contributed by atoms with E-state index in [1.165, 1.54) is 0 Å². The van der Waals surface area contributed by atoms with Crippen LogP contribution in [0, 0.1) is 5.41 Å². The molecular formula is C16H25N5O2. The molecule has 0 saturated carbocycles. The molecule has 2 aliphatic heterocycles. The van der Waals surface area contributed by atoms with Crippen molar-refractivity contribution in [1.82, 2.24) is 14.9 Å². The SMILES string of the molecule is COCCN1C[C@]2(CCCN(c3nccc(N)n3)C2)CCC1=O. The summed E-state index contributed by atoms with van der Waals surface area (Å²) in [6.45, 7) is 3.88. The predicted molar refractivity (Wildman–Crippen MR) is 88.0 cm³/mol. The van der Waals surface area contributed by atoms with Crippen molar-refractivity contribution in [3.63, 3.8) is 0 Å². The summed E-state index contributed by atoms with van der Waals surface area (Å²) in [5.74, 6) is 1.43. The smallest absolute Gasteiger partial charge is 0.227 e. The Morgan fingerprint density at radius 1 is 1.39 bits per heavy atom. The number of rotatable bonds is 4. The van der Waals surface area contributed by atoms with Crippen molar-refractivity contribution in [2.75, 3.05) is 50.5 Å². The van der Waals surface area contributed by atoms with Crippen molar-refractivity contribution in [1.29, 1.82) is 0 Å². The molecule has 0 unspecified atom stereocenters. The lowest BCUT2D eigenvalue weighted by atomic mass is 9.73. The summed E-state index contributed by atoms with van der Waals surface area (Å²) in [5, 5.41) is 0. The standard InChI is InChI=1S/C16H25N5O2/c1-23-10-9-20-11-16(6-3-14(20)22)5-2-8-21(12-16)15-18-7-4-13(17)19-15/h4,7H,2-3,5-6,8-12H2,1H3,(H2,17,18,19)/t16-/m0/s1. The van der Waals surface area contributed by atoms with Crippen LogP contribution < -0.4 is 10.6 Å². The van der Waals surface area contributed by atoms with Gasteiger partial charge >= 0.3 is 0 Å². The predicted octanol–water partition coefficient (Wildman–Crippen LogP) is 0.914. The van der Waals surface area contributed by atoms with Gasteiger partial charge in [-0.15, -0.1) is 0 Å². The van der Waals surface area contributed by atoms with Crippen LogP contribution in [0.15, 0.2) is 12.3 Å². The number of methoxy groups -OCH3 is 1. The number of amides is 1. The number of nitrogens with two attached hydrogens (primary N) is 1. The topological polar surface area (TPSA) is 84.6 Å². The van der Waals surface area contributed by atoms with E-state index >= 15 is 0 Å². The van der Waals surface area contributed by atoms with Crippen molar-refractivity contribution < 1.29 is 9.53 Å². The number of piperidine rings is 2. The minimum atomic E-state index is 0.133. The Morgan fingerprint density at radius 2 is 2.26 bits per heavy atom. The average Bonchev–Trinajstić information content (AvgIpc) is 2.56. The van der Waals surface area contributed by atoms with Crippen molar-refractivity contribution in [2.45, 2.75) is 25.7 Å². The first-order valence-electron chi connectivity index (χ1n) is 8.22. The Kier molecular flexibility index (Phi) is 4.66. The molecule has 23 heavy (non-hydrogen) atoms. The Bertz CT molecular complexity index is 567. The van der Waals surface area contributed by atoms with Crippen molar-refractivity contribution in [2.24, 2.45) is 5.41 Å². The van der Waals surface area contributed by atoms with Crippen LogP contribution in [0.4, 0.5) is 11.8 Å². The normalized spacial score (nSPS) is 25.2. The van der Waals surface area contributed by atoms with E-state index in [0.717, 1.165) is 38.9 Å². The minimum Gasteiger partial charge on any atom is -0.384 e. The van der Waals surface area contributed by atoms with Crippen LogP contribution in [0.25, 0.3) is 0 Å². The zero-order valence-corrected chi connectivity index (χ0v) is 13.7. The highest BCUT2D eigenvalue weighted by atomic mass is 16.5. The van der Waals surface area contributed by atoms with Crippen molar-refractivity contribution in [3.8, 4) is 0 Å². The maximum absolute atomic E-state index is 12.1. The summed E-state index contributed by atoms with van der Waals surface area (Å²) >= 11 is 0. The highest BCUT2D eigenvalue weighted by molar-refractivity contribution is 5.77. The lowest BCUT2D eigenvalue weighted by Crippen LogP contribution is -2.54. The van der Waals surface area contributed by atoms with E-state index in [1.54, 1.807) is 19.4 Å². The molecule has 1 aromatic heterocycles. The zero-order chi connectivity index (χ0) is 16.3. The molecule has 1 spiro atoms. The molecule has 126 valence electrons. The molecule has 2 fully saturated rings. The molecule has 1 atom stereocenters. The number of aromatic nitrogens is 2. The molecule has 7 nitrogen and oxygen atoms in total. The summed E-state index contributed by atoms with van der Waals surface area (Å²) in [5.41, 5.74) is 5.92. The first kappa shape index (κ1) is 16.0. The van der Waals surface area contributed by atoms with E-state index in [2.05, 4.69) is 14.9 Å². The first-order valence-corrected chi connectivity index (χ1v) is 8.22. The zero-order valence-electron chi connectivity index (χ0n) is 13.7. The van der Waals surface area contributed by atoms with Gasteiger partial charge in [0.2, 0.25) is 11.9 Å². The van der Waals surface area contributed by atoms with Gasteiger partial charge in [0.1, 0.15) is 5.82 Å². The molecule has 2 N–H and O–H groups in total. The fourth-order valence-electron chi connectivity index (χ4n) is 3.73. The first-order chi connectivity index (χ1) is 11.1. The average molecular weight is 319 g/mol. The van der Waals surface area contributed by atoms with Gasteiger partial charge in [0.05, 0.1) is 6.61 Å². The summed E-state index contributed by atoms with van der Waals surface area (Å²) in [6.07, 6.45) is 5.49. The van der Waals surface area contributed by atoms with Gasteiger partial charge in [-0.2, -0.15) is 4.98 Å². The highest BCUT2D eigenvalue weighted by Gasteiger charge is 2.42. The van der Waals surface area contributed by atoms with Gasteiger partial charge < -0.3 is 20.3 Å². The molecule has 0 bridgehead atoms. The maximum atomic E-state index is 12.1. The van der Waals surface area contributed by atoms with E-state index in [9.17, 15) is 4.79 Å². The molecule has 3 rings (SSSR count).